The first-order chi connectivity index (χ1) is 17.1. The molecule has 0 unspecified atom stereocenters. The van der Waals surface area contributed by atoms with Gasteiger partial charge in [-0.15, -0.1) is 11.3 Å². The molecule has 0 atom stereocenters. The van der Waals surface area contributed by atoms with Gasteiger partial charge in [-0.1, -0.05) is 35.9 Å². The minimum absolute atomic E-state index is 0.0805. The van der Waals surface area contributed by atoms with E-state index in [0.717, 1.165) is 51.6 Å². The minimum Gasteiger partial charge on any atom is -0.306 e. The molecule has 174 valence electrons. The first-order valence-corrected chi connectivity index (χ1v) is 12.7. The number of benzene rings is 2. The number of halogens is 1. The molecule has 0 fully saturated rings. The zero-order chi connectivity index (χ0) is 23.8. The van der Waals surface area contributed by atoms with Crippen molar-refractivity contribution >= 4 is 22.9 Å². The van der Waals surface area contributed by atoms with Gasteiger partial charge in [-0.05, 0) is 47.8 Å². The predicted molar refractivity (Wildman–Crippen MR) is 140 cm³/mol. The molecule has 2 aromatic carbocycles. The number of para-hydroxylation sites is 1. The maximum atomic E-state index is 13.0. The summed E-state index contributed by atoms with van der Waals surface area (Å²) in [7, 11) is 0. The van der Waals surface area contributed by atoms with Crippen molar-refractivity contribution in [3.63, 3.8) is 0 Å². The number of fused-ring (bicyclic) bond motifs is 1. The second-order valence-electron chi connectivity index (χ2n) is 8.57. The molecular weight excluding hydrogens is 478 g/mol. The topological polar surface area (TPSA) is 66.8 Å². The molecule has 0 bridgehead atoms. The standard InChI is InChI=1S/C27H22ClN5OS/c28-20-10-8-18(9-11-20)26-29-23-12-13-32(17-22(23)27(34)30-26)15-19-16-33(21-5-2-1-3-6-21)31-25(19)24-7-4-14-35-24/h1-11,14,16H,12-13,15,17H2,(H,29,30,34). The van der Waals surface area contributed by atoms with Gasteiger partial charge in [0.1, 0.15) is 11.5 Å². The van der Waals surface area contributed by atoms with Crippen molar-refractivity contribution in [1.29, 1.82) is 0 Å². The van der Waals surface area contributed by atoms with Crippen LogP contribution in [0, 0.1) is 0 Å². The predicted octanol–water partition coefficient (Wildman–Crippen LogP) is 5.56. The number of aromatic nitrogens is 4. The average molecular weight is 500 g/mol. The van der Waals surface area contributed by atoms with Gasteiger partial charge >= 0.3 is 0 Å². The molecule has 6 rings (SSSR count). The highest BCUT2D eigenvalue weighted by Gasteiger charge is 2.24. The Morgan fingerprint density at radius 2 is 1.86 bits per heavy atom. The molecule has 1 N–H and O–H groups in total. The molecular formula is C27H22ClN5OS. The van der Waals surface area contributed by atoms with Gasteiger partial charge < -0.3 is 4.98 Å². The Bertz CT molecular complexity index is 1520. The summed E-state index contributed by atoms with van der Waals surface area (Å²) in [5, 5.41) is 7.64. The Morgan fingerprint density at radius 1 is 1.03 bits per heavy atom. The van der Waals surface area contributed by atoms with Crippen LogP contribution >= 0.6 is 22.9 Å². The molecule has 4 heterocycles. The number of nitrogens with one attached hydrogen (secondary N) is 1. The third kappa shape index (κ3) is 4.46. The first-order valence-electron chi connectivity index (χ1n) is 11.4. The molecule has 1 aliphatic rings. The Balaban J connectivity index is 1.29. The van der Waals surface area contributed by atoms with E-state index in [1.807, 2.05) is 41.1 Å². The van der Waals surface area contributed by atoms with E-state index in [1.165, 1.54) is 0 Å². The normalized spacial score (nSPS) is 13.6. The van der Waals surface area contributed by atoms with Crippen molar-refractivity contribution in [2.75, 3.05) is 6.54 Å². The molecule has 0 spiro atoms. The van der Waals surface area contributed by atoms with E-state index in [1.54, 1.807) is 23.5 Å². The van der Waals surface area contributed by atoms with Crippen LogP contribution in [0.1, 0.15) is 16.8 Å². The fraction of sp³-hybridized carbons (Fsp3) is 0.148. The summed E-state index contributed by atoms with van der Waals surface area (Å²) in [6.45, 7) is 2.08. The Labute approximate surface area is 211 Å². The lowest BCUT2D eigenvalue weighted by molar-refractivity contribution is 0.242. The zero-order valence-corrected chi connectivity index (χ0v) is 20.4. The van der Waals surface area contributed by atoms with Crippen LogP contribution in [-0.2, 0) is 19.5 Å². The van der Waals surface area contributed by atoms with Crippen molar-refractivity contribution in [2.45, 2.75) is 19.5 Å². The van der Waals surface area contributed by atoms with Crippen LogP contribution in [0.15, 0.2) is 83.1 Å². The van der Waals surface area contributed by atoms with Gasteiger partial charge in [0.25, 0.3) is 5.56 Å². The lowest BCUT2D eigenvalue weighted by atomic mass is 10.1. The number of H-pyrrole nitrogens is 1. The molecule has 0 aliphatic carbocycles. The highest BCUT2D eigenvalue weighted by molar-refractivity contribution is 7.13. The number of hydrogen-bond donors (Lipinski definition) is 1. The smallest absolute Gasteiger partial charge is 0.255 e. The second kappa shape index (κ2) is 9.26. The molecule has 0 saturated heterocycles. The highest BCUT2D eigenvalue weighted by atomic mass is 35.5. The lowest BCUT2D eigenvalue weighted by Crippen LogP contribution is -2.35. The summed E-state index contributed by atoms with van der Waals surface area (Å²) in [5.41, 5.74) is 5.53. The average Bonchev–Trinajstić information content (AvgIpc) is 3.56. The third-order valence-corrected chi connectivity index (χ3v) is 7.35. The van der Waals surface area contributed by atoms with Crippen molar-refractivity contribution in [1.82, 2.24) is 24.6 Å². The summed E-state index contributed by atoms with van der Waals surface area (Å²) in [5.74, 6) is 0.586. The SMILES string of the molecule is O=c1[nH]c(-c2ccc(Cl)cc2)nc2c1CN(Cc1cn(-c3ccccc3)nc1-c1cccs1)CC2. The largest absolute Gasteiger partial charge is 0.306 e. The van der Waals surface area contributed by atoms with E-state index in [4.69, 9.17) is 21.7 Å². The number of nitrogens with zero attached hydrogens (tertiary/aromatic N) is 4. The molecule has 35 heavy (non-hydrogen) atoms. The van der Waals surface area contributed by atoms with Crippen LogP contribution in [0.4, 0.5) is 0 Å². The van der Waals surface area contributed by atoms with Crippen molar-refractivity contribution in [3.05, 3.63) is 111 Å². The Kier molecular flexibility index (Phi) is 5.82. The van der Waals surface area contributed by atoms with E-state index >= 15 is 0 Å². The van der Waals surface area contributed by atoms with Crippen LogP contribution in [0.5, 0.6) is 0 Å². The van der Waals surface area contributed by atoms with E-state index < -0.39 is 0 Å². The Hall–Kier alpha value is -3.52. The molecule has 0 amide bonds. The maximum absolute atomic E-state index is 13.0. The highest BCUT2D eigenvalue weighted by Crippen LogP contribution is 2.30. The summed E-state index contributed by atoms with van der Waals surface area (Å²) in [6.07, 6.45) is 2.83. The van der Waals surface area contributed by atoms with Gasteiger partial charge in [-0.2, -0.15) is 5.10 Å². The van der Waals surface area contributed by atoms with Gasteiger partial charge in [0.15, 0.2) is 0 Å². The first kappa shape index (κ1) is 22.0. The maximum Gasteiger partial charge on any atom is 0.255 e. The Morgan fingerprint density at radius 3 is 2.63 bits per heavy atom. The van der Waals surface area contributed by atoms with Crippen molar-refractivity contribution < 1.29 is 0 Å². The number of hydrogen-bond acceptors (Lipinski definition) is 5. The minimum atomic E-state index is -0.0805. The van der Waals surface area contributed by atoms with Crippen molar-refractivity contribution in [3.8, 4) is 27.6 Å². The monoisotopic (exact) mass is 499 g/mol. The molecule has 5 aromatic rings. The van der Waals surface area contributed by atoms with Crippen LogP contribution in [0.2, 0.25) is 5.02 Å². The van der Waals surface area contributed by atoms with Crippen LogP contribution in [0.3, 0.4) is 0 Å². The molecule has 0 radical (unpaired) electrons. The summed E-state index contributed by atoms with van der Waals surface area (Å²) >= 11 is 7.69. The molecule has 1 aliphatic heterocycles. The van der Waals surface area contributed by atoms with E-state index in [9.17, 15) is 4.79 Å². The summed E-state index contributed by atoms with van der Waals surface area (Å²) < 4.78 is 1.94. The molecule has 8 heteroatoms. The van der Waals surface area contributed by atoms with Gasteiger partial charge in [-0.25, -0.2) is 9.67 Å². The van der Waals surface area contributed by atoms with Gasteiger partial charge in [0.2, 0.25) is 0 Å². The molecule has 0 saturated carbocycles. The molecule has 3 aromatic heterocycles. The van der Waals surface area contributed by atoms with Gasteiger partial charge in [0, 0.05) is 48.4 Å². The lowest BCUT2D eigenvalue weighted by Gasteiger charge is -2.27. The van der Waals surface area contributed by atoms with E-state index in [0.29, 0.717) is 23.9 Å². The van der Waals surface area contributed by atoms with E-state index in [-0.39, 0.29) is 5.56 Å². The third-order valence-electron chi connectivity index (χ3n) is 6.22. The van der Waals surface area contributed by atoms with Crippen LogP contribution in [-0.4, -0.2) is 31.2 Å². The second-order valence-corrected chi connectivity index (χ2v) is 9.95. The number of rotatable bonds is 5. The van der Waals surface area contributed by atoms with Gasteiger partial charge in [0.05, 0.1) is 21.8 Å². The van der Waals surface area contributed by atoms with E-state index in [2.05, 4.69) is 39.7 Å². The summed E-state index contributed by atoms with van der Waals surface area (Å²) in [4.78, 5) is 24.2. The van der Waals surface area contributed by atoms with Gasteiger partial charge in [-0.3, -0.25) is 9.69 Å². The quantitative estimate of drug-likeness (QED) is 0.343. The van der Waals surface area contributed by atoms with Crippen LogP contribution in [0.25, 0.3) is 27.6 Å². The fourth-order valence-electron chi connectivity index (χ4n) is 4.46. The summed E-state index contributed by atoms with van der Waals surface area (Å²) in [6, 6.07) is 21.6. The van der Waals surface area contributed by atoms with Crippen LogP contribution < -0.4 is 5.56 Å². The fourth-order valence-corrected chi connectivity index (χ4v) is 5.33. The zero-order valence-electron chi connectivity index (χ0n) is 18.8. The molecule has 6 nitrogen and oxygen atoms in total. The van der Waals surface area contributed by atoms with Crippen molar-refractivity contribution in [2.24, 2.45) is 0 Å². The number of aromatic amines is 1. The number of thiophene rings is 1.